The van der Waals surface area contributed by atoms with Gasteiger partial charge in [-0.25, -0.2) is 0 Å². The first kappa shape index (κ1) is 16.2. The van der Waals surface area contributed by atoms with Gasteiger partial charge in [-0.2, -0.15) is 13.2 Å². The Morgan fingerprint density at radius 1 is 1.53 bits per heavy atom. The zero-order chi connectivity index (χ0) is 14.7. The van der Waals surface area contributed by atoms with Crippen molar-refractivity contribution in [3.8, 4) is 0 Å². The number of nitrogens with zero attached hydrogens (tertiary/aromatic N) is 1. The Kier molecular flexibility index (Phi) is 5.17. The number of halogens is 3. The van der Waals surface area contributed by atoms with Gasteiger partial charge in [0, 0.05) is 19.6 Å². The number of rotatable bonds is 4. The number of carbonyl (C=O) groups is 1. The SMILES string of the molecule is CC1(C)CN(C(=O)COCC(F)(F)F)CC(CN)O1. The predicted octanol–water partition coefficient (Wildman–Crippen LogP) is 0.530. The number of carbonyl (C=O) groups excluding carboxylic acids is 1. The van der Waals surface area contributed by atoms with E-state index in [0.717, 1.165) is 0 Å². The number of hydrogen-bond acceptors (Lipinski definition) is 4. The minimum Gasteiger partial charge on any atom is -0.367 e. The maximum Gasteiger partial charge on any atom is 0.411 e. The molecule has 0 bridgehead atoms. The van der Waals surface area contributed by atoms with E-state index in [1.165, 1.54) is 4.90 Å². The van der Waals surface area contributed by atoms with Gasteiger partial charge in [-0.05, 0) is 13.8 Å². The Hall–Kier alpha value is -0.860. The number of hydrogen-bond donors (Lipinski definition) is 1. The molecule has 19 heavy (non-hydrogen) atoms. The topological polar surface area (TPSA) is 64.8 Å². The Morgan fingerprint density at radius 3 is 2.68 bits per heavy atom. The fraction of sp³-hybridized carbons (Fsp3) is 0.909. The normalized spacial score (nSPS) is 23.5. The summed E-state index contributed by atoms with van der Waals surface area (Å²) in [6.07, 6.45) is -4.74. The van der Waals surface area contributed by atoms with Crippen molar-refractivity contribution in [1.82, 2.24) is 4.90 Å². The molecule has 1 amide bonds. The summed E-state index contributed by atoms with van der Waals surface area (Å²) in [7, 11) is 0. The van der Waals surface area contributed by atoms with Crippen molar-refractivity contribution >= 4 is 5.91 Å². The van der Waals surface area contributed by atoms with E-state index in [1.54, 1.807) is 13.8 Å². The largest absolute Gasteiger partial charge is 0.411 e. The van der Waals surface area contributed by atoms with Crippen molar-refractivity contribution in [1.29, 1.82) is 0 Å². The molecule has 0 saturated carbocycles. The third kappa shape index (κ3) is 5.75. The summed E-state index contributed by atoms with van der Waals surface area (Å²) in [6.45, 7) is 2.40. The third-order valence-electron chi connectivity index (χ3n) is 2.59. The molecule has 8 heteroatoms. The van der Waals surface area contributed by atoms with Crippen molar-refractivity contribution in [2.24, 2.45) is 5.73 Å². The quantitative estimate of drug-likeness (QED) is 0.818. The van der Waals surface area contributed by atoms with E-state index in [9.17, 15) is 18.0 Å². The first-order valence-electron chi connectivity index (χ1n) is 5.93. The van der Waals surface area contributed by atoms with Crippen LogP contribution in [0.2, 0.25) is 0 Å². The molecule has 0 aliphatic carbocycles. The van der Waals surface area contributed by atoms with E-state index in [1.807, 2.05) is 0 Å². The Morgan fingerprint density at radius 2 is 2.16 bits per heavy atom. The summed E-state index contributed by atoms with van der Waals surface area (Å²) in [6, 6.07) is 0. The number of morpholine rings is 1. The van der Waals surface area contributed by atoms with Crippen LogP contribution in [0.5, 0.6) is 0 Å². The van der Waals surface area contributed by atoms with Gasteiger partial charge in [0.25, 0.3) is 0 Å². The van der Waals surface area contributed by atoms with Crippen LogP contribution < -0.4 is 5.73 Å². The molecule has 1 atom stereocenters. The standard InChI is InChI=1S/C11H19F3N2O3/c1-10(2)6-16(4-8(3-15)19-10)9(17)5-18-7-11(12,13)14/h8H,3-7,15H2,1-2H3. The highest BCUT2D eigenvalue weighted by molar-refractivity contribution is 5.77. The average molecular weight is 284 g/mol. The number of ether oxygens (including phenoxy) is 2. The van der Waals surface area contributed by atoms with Gasteiger partial charge >= 0.3 is 6.18 Å². The molecule has 1 fully saturated rings. The molecule has 1 saturated heterocycles. The minimum atomic E-state index is -4.43. The van der Waals surface area contributed by atoms with Gasteiger partial charge in [0.05, 0.1) is 11.7 Å². The summed E-state index contributed by atoms with van der Waals surface area (Å²) in [5.41, 5.74) is 4.93. The molecule has 5 nitrogen and oxygen atoms in total. The van der Waals surface area contributed by atoms with Crippen LogP contribution in [0.25, 0.3) is 0 Å². The maximum atomic E-state index is 11.9. The summed E-state index contributed by atoms with van der Waals surface area (Å²) in [5.74, 6) is -0.487. The van der Waals surface area contributed by atoms with Crippen LogP contribution in [0.1, 0.15) is 13.8 Å². The van der Waals surface area contributed by atoms with E-state index in [-0.39, 0.29) is 19.2 Å². The second-order valence-electron chi connectivity index (χ2n) is 5.12. The van der Waals surface area contributed by atoms with Gasteiger partial charge < -0.3 is 20.1 Å². The highest BCUT2D eigenvalue weighted by atomic mass is 19.4. The summed E-state index contributed by atoms with van der Waals surface area (Å²) >= 11 is 0. The Bertz CT molecular complexity index is 321. The van der Waals surface area contributed by atoms with E-state index < -0.39 is 30.9 Å². The summed E-state index contributed by atoms with van der Waals surface area (Å²) in [4.78, 5) is 13.2. The summed E-state index contributed by atoms with van der Waals surface area (Å²) < 4.78 is 45.7. The molecule has 0 aromatic rings. The van der Waals surface area contributed by atoms with Crippen LogP contribution in [0, 0.1) is 0 Å². The summed E-state index contributed by atoms with van der Waals surface area (Å²) in [5, 5.41) is 0. The fourth-order valence-electron chi connectivity index (χ4n) is 1.95. The molecule has 112 valence electrons. The van der Waals surface area contributed by atoms with Crippen LogP contribution in [0.3, 0.4) is 0 Å². The van der Waals surface area contributed by atoms with Crippen LogP contribution in [0.4, 0.5) is 13.2 Å². The van der Waals surface area contributed by atoms with Gasteiger partial charge in [-0.1, -0.05) is 0 Å². The molecule has 1 heterocycles. The van der Waals surface area contributed by atoms with Crippen LogP contribution in [-0.2, 0) is 14.3 Å². The zero-order valence-electron chi connectivity index (χ0n) is 11.0. The monoisotopic (exact) mass is 284 g/mol. The van der Waals surface area contributed by atoms with Gasteiger partial charge in [0.2, 0.25) is 5.91 Å². The molecule has 0 aromatic carbocycles. The molecule has 1 rings (SSSR count). The predicted molar refractivity (Wildman–Crippen MR) is 61.5 cm³/mol. The van der Waals surface area contributed by atoms with Crippen LogP contribution in [-0.4, -0.2) is 61.5 Å². The molecule has 1 aliphatic heterocycles. The van der Waals surface area contributed by atoms with Crippen LogP contribution in [0.15, 0.2) is 0 Å². The van der Waals surface area contributed by atoms with Gasteiger partial charge in [-0.3, -0.25) is 4.79 Å². The molecule has 0 radical (unpaired) electrons. The van der Waals surface area contributed by atoms with Crippen molar-refractivity contribution in [2.45, 2.75) is 31.7 Å². The van der Waals surface area contributed by atoms with Crippen molar-refractivity contribution in [3.05, 3.63) is 0 Å². The third-order valence-corrected chi connectivity index (χ3v) is 2.59. The molecule has 1 unspecified atom stereocenters. The van der Waals surface area contributed by atoms with E-state index in [4.69, 9.17) is 10.5 Å². The van der Waals surface area contributed by atoms with Crippen molar-refractivity contribution in [2.75, 3.05) is 32.8 Å². The second kappa shape index (κ2) is 6.06. The lowest BCUT2D eigenvalue weighted by Gasteiger charge is -2.42. The first-order chi connectivity index (χ1) is 8.63. The zero-order valence-corrected chi connectivity index (χ0v) is 11.0. The van der Waals surface area contributed by atoms with Gasteiger partial charge in [0.1, 0.15) is 13.2 Å². The number of alkyl halides is 3. The van der Waals surface area contributed by atoms with E-state index in [2.05, 4.69) is 4.74 Å². The van der Waals surface area contributed by atoms with E-state index >= 15 is 0 Å². The fourth-order valence-corrected chi connectivity index (χ4v) is 1.95. The molecule has 1 aliphatic rings. The average Bonchev–Trinajstić information content (AvgIpc) is 2.24. The lowest BCUT2D eigenvalue weighted by Crippen LogP contribution is -2.57. The molecular weight excluding hydrogens is 265 g/mol. The highest BCUT2D eigenvalue weighted by Gasteiger charge is 2.35. The second-order valence-corrected chi connectivity index (χ2v) is 5.12. The molecule has 0 spiro atoms. The van der Waals surface area contributed by atoms with Gasteiger partial charge in [-0.15, -0.1) is 0 Å². The van der Waals surface area contributed by atoms with E-state index in [0.29, 0.717) is 6.54 Å². The van der Waals surface area contributed by atoms with Crippen molar-refractivity contribution in [3.63, 3.8) is 0 Å². The smallest absolute Gasteiger partial charge is 0.367 e. The molecular formula is C11H19F3N2O3. The Balaban J connectivity index is 2.47. The molecule has 0 aromatic heterocycles. The maximum absolute atomic E-state index is 11.9. The first-order valence-corrected chi connectivity index (χ1v) is 5.93. The lowest BCUT2D eigenvalue weighted by molar-refractivity contribution is -0.183. The molecule has 2 N–H and O–H groups in total. The Labute approximate surface area is 109 Å². The number of amides is 1. The number of nitrogens with two attached hydrogens (primary N) is 1. The minimum absolute atomic E-state index is 0.247. The lowest BCUT2D eigenvalue weighted by atomic mass is 10.1. The highest BCUT2D eigenvalue weighted by Crippen LogP contribution is 2.21. The van der Waals surface area contributed by atoms with Crippen molar-refractivity contribution < 1.29 is 27.4 Å². The van der Waals surface area contributed by atoms with Crippen LogP contribution >= 0.6 is 0 Å². The van der Waals surface area contributed by atoms with Gasteiger partial charge in [0.15, 0.2) is 0 Å².